The average Bonchev–Trinajstić information content (AvgIpc) is 3.22. The summed E-state index contributed by atoms with van der Waals surface area (Å²) >= 11 is 0. The third-order valence-electron chi connectivity index (χ3n) is 5.77. The number of nitrogens with one attached hydrogen (secondary N) is 2. The second kappa shape index (κ2) is 10.8. The van der Waals surface area contributed by atoms with Crippen LogP contribution in [0.15, 0.2) is 72.1 Å². The summed E-state index contributed by atoms with van der Waals surface area (Å²) in [5, 5.41) is 11.3. The molecule has 2 aliphatic rings. The van der Waals surface area contributed by atoms with Gasteiger partial charge in [0.1, 0.15) is 17.9 Å². The topological polar surface area (TPSA) is 148 Å². The largest absolute Gasteiger partial charge is 0.489 e. The molecule has 5 N–H and O–H groups in total. The van der Waals surface area contributed by atoms with E-state index in [2.05, 4.69) is 11.9 Å². The third-order valence-corrected chi connectivity index (χ3v) is 7.10. The summed E-state index contributed by atoms with van der Waals surface area (Å²) in [4.78, 5) is 22.3. The molecule has 4 rings (SSSR count). The molecule has 1 aliphatic carbocycles. The van der Waals surface area contributed by atoms with Crippen LogP contribution in [0.5, 0.6) is 5.75 Å². The van der Waals surface area contributed by atoms with Crippen LogP contribution in [0, 0.1) is 11.8 Å². The molecule has 0 unspecified atom stereocenters. The van der Waals surface area contributed by atoms with E-state index in [1.807, 2.05) is 35.1 Å². The number of nitrogens with two attached hydrogens (primary N) is 1. The lowest BCUT2D eigenvalue weighted by Crippen LogP contribution is -2.46. The van der Waals surface area contributed by atoms with Crippen LogP contribution in [-0.2, 0) is 26.2 Å². The molecule has 2 aromatic rings. The predicted molar refractivity (Wildman–Crippen MR) is 126 cm³/mol. The normalized spacial score (nSPS) is 23.2. The van der Waals surface area contributed by atoms with Crippen molar-refractivity contribution in [1.82, 2.24) is 10.0 Å². The lowest BCUT2D eigenvalue weighted by Gasteiger charge is -2.13. The van der Waals surface area contributed by atoms with Crippen LogP contribution in [0.25, 0.3) is 0 Å². The molecule has 10 heteroatoms. The van der Waals surface area contributed by atoms with E-state index in [9.17, 15) is 18.0 Å². The standard InChI is InChI=1S/C19H20N2O4S.C5H9NO2/c1-2-15-12-19(15,20)18(22)21-26(23,24)17-10-6-9-16(11-17)25-13-14-7-4-3-5-8-14;7-5(8)4-1-2-6-3-4/h2-11,15H,1,12-13,20H2,(H,21,22);4,6H,1-3H2,(H,7,8)/t15-,19-;4-/m10/s1. The Balaban J connectivity index is 0.000000343. The maximum Gasteiger partial charge on any atom is 0.307 e. The van der Waals surface area contributed by atoms with Gasteiger partial charge in [0.25, 0.3) is 15.9 Å². The lowest BCUT2D eigenvalue weighted by molar-refractivity contribution is -0.141. The highest BCUT2D eigenvalue weighted by Crippen LogP contribution is 2.42. The van der Waals surface area contributed by atoms with Crippen molar-refractivity contribution in [2.24, 2.45) is 17.6 Å². The van der Waals surface area contributed by atoms with Gasteiger partial charge in [-0.3, -0.25) is 9.59 Å². The van der Waals surface area contributed by atoms with E-state index >= 15 is 0 Å². The Morgan fingerprint density at radius 1 is 1.24 bits per heavy atom. The van der Waals surface area contributed by atoms with Crippen LogP contribution in [0.2, 0.25) is 0 Å². The fourth-order valence-corrected chi connectivity index (χ4v) is 4.55. The Morgan fingerprint density at radius 2 is 1.97 bits per heavy atom. The molecule has 1 saturated heterocycles. The molecule has 34 heavy (non-hydrogen) atoms. The van der Waals surface area contributed by atoms with Crippen molar-refractivity contribution in [2.45, 2.75) is 29.9 Å². The van der Waals surface area contributed by atoms with Gasteiger partial charge in [0.15, 0.2) is 0 Å². The Bertz CT molecular complexity index is 1130. The minimum atomic E-state index is -4.03. The number of carbonyl (C=O) groups is 2. The molecule has 2 fully saturated rings. The molecule has 1 saturated carbocycles. The Hall–Kier alpha value is -3.21. The highest BCUT2D eigenvalue weighted by molar-refractivity contribution is 7.90. The van der Waals surface area contributed by atoms with Gasteiger partial charge >= 0.3 is 5.97 Å². The highest BCUT2D eigenvalue weighted by atomic mass is 32.2. The van der Waals surface area contributed by atoms with Crippen LogP contribution < -0.4 is 20.5 Å². The first-order valence-corrected chi connectivity index (χ1v) is 12.3. The zero-order chi connectivity index (χ0) is 24.8. The minimum absolute atomic E-state index is 0.0594. The molecule has 182 valence electrons. The molecule has 0 spiro atoms. The molecule has 0 bridgehead atoms. The van der Waals surface area contributed by atoms with E-state index in [1.165, 1.54) is 12.1 Å². The quantitative estimate of drug-likeness (QED) is 0.411. The fraction of sp³-hybridized carbons (Fsp3) is 0.333. The molecule has 1 amide bonds. The number of hydrogen-bond acceptors (Lipinski definition) is 7. The number of carboxylic acids is 1. The summed E-state index contributed by atoms with van der Waals surface area (Å²) in [7, 11) is -4.03. The SMILES string of the molecule is C=C[C@@H]1C[C@]1(N)C(=O)NS(=O)(=O)c1cccc(OCc2ccccc2)c1.O=C(O)[C@H]1CCNC1. The van der Waals surface area contributed by atoms with E-state index in [0.717, 1.165) is 18.5 Å². The smallest absolute Gasteiger partial charge is 0.307 e. The summed E-state index contributed by atoms with van der Waals surface area (Å²) in [6.45, 7) is 5.40. The molecule has 9 nitrogen and oxygen atoms in total. The first-order valence-electron chi connectivity index (χ1n) is 10.8. The van der Waals surface area contributed by atoms with Crippen LogP contribution in [0.1, 0.15) is 18.4 Å². The van der Waals surface area contributed by atoms with E-state index in [-0.39, 0.29) is 16.7 Å². The number of aliphatic carboxylic acids is 1. The minimum Gasteiger partial charge on any atom is -0.489 e. The first-order chi connectivity index (χ1) is 16.2. The Labute approximate surface area is 199 Å². The molecular weight excluding hydrogens is 458 g/mol. The van der Waals surface area contributed by atoms with Gasteiger partial charge in [-0.1, -0.05) is 42.5 Å². The van der Waals surface area contributed by atoms with Crippen molar-refractivity contribution in [3.05, 3.63) is 72.8 Å². The van der Waals surface area contributed by atoms with E-state index in [0.29, 0.717) is 25.3 Å². The van der Waals surface area contributed by atoms with E-state index < -0.39 is 27.4 Å². The van der Waals surface area contributed by atoms with Gasteiger partial charge in [-0.05, 0) is 37.1 Å². The number of carboxylic acid groups (broad SMARTS) is 1. The lowest BCUT2D eigenvalue weighted by atomic mass is 10.1. The molecule has 1 aliphatic heterocycles. The van der Waals surface area contributed by atoms with Crippen molar-refractivity contribution in [1.29, 1.82) is 0 Å². The van der Waals surface area contributed by atoms with Gasteiger partial charge in [-0.25, -0.2) is 13.1 Å². The predicted octanol–water partition coefficient (Wildman–Crippen LogP) is 1.65. The van der Waals surface area contributed by atoms with Crippen LogP contribution in [0.4, 0.5) is 0 Å². The van der Waals surface area contributed by atoms with Crippen LogP contribution in [0.3, 0.4) is 0 Å². The van der Waals surface area contributed by atoms with E-state index in [1.54, 1.807) is 18.2 Å². The fourth-order valence-electron chi connectivity index (χ4n) is 3.47. The van der Waals surface area contributed by atoms with Crippen molar-refractivity contribution in [3.63, 3.8) is 0 Å². The number of sulfonamides is 1. The maximum atomic E-state index is 12.5. The summed E-state index contributed by atoms with van der Waals surface area (Å²) in [5.74, 6) is -1.34. The van der Waals surface area contributed by atoms with Crippen LogP contribution in [-0.4, -0.2) is 44.0 Å². The second-order valence-electron chi connectivity index (χ2n) is 8.30. The number of hydrogen-bond donors (Lipinski definition) is 4. The van der Waals surface area contributed by atoms with Crippen LogP contribution >= 0.6 is 0 Å². The molecule has 0 aromatic heterocycles. The van der Waals surface area contributed by atoms with Crippen molar-refractivity contribution >= 4 is 21.9 Å². The number of rotatable bonds is 8. The zero-order valence-electron chi connectivity index (χ0n) is 18.6. The Kier molecular flexibility index (Phi) is 8.08. The third kappa shape index (κ3) is 6.43. The summed E-state index contributed by atoms with van der Waals surface area (Å²) in [6, 6.07) is 15.5. The van der Waals surface area contributed by atoms with Crippen molar-refractivity contribution in [3.8, 4) is 5.75 Å². The number of carbonyl (C=O) groups excluding carboxylic acids is 1. The second-order valence-corrected chi connectivity index (χ2v) is 9.98. The summed E-state index contributed by atoms with van der Waals surface area (Å²) in [5.41, 5.74) is 5.66. The average molecular weight is 488 g/mol. The summed E-state index contributed by atoms with van der Waals surface area (Å²) in [6.07, 6.45) is 2.73. The summed E-state index contributed by atoms with van der Waals surface area (Å²) < 4.78 is 32.6. The first kappa shape index (κ1) is 25.4. The maximum absolute atomic E-state index is 12.5. The molecular formula is C24H29N3O6S. The van der Waals surface area contributed by atoms with E-state index in [4.69, 9.17) is 15.6 Å². The molecule has 2 aromatic carbocycles. The van der Waals surface area contributed by atoms with Gasteiger partial charge in [0, 0.05) is 18.5 Å². The Morgan fingerprint density at radius 3 is 2.53 bits per heavy atom. The van der Waals surface area contributed by atoms with Gasteiger partial charge in [0.2, 0.25) is 0 Å². The van der Waals surface area contributed by atoms with Gasteiger partial charge in [0.05, 0.1) is 10.8 Å². The highest BCUT2D eigenvalue weighted by Gasteiger charge is 2.56. The number of benzene rings is 2. The molecule has 0 radical (unpaired) electrons. The molecule has 3 atom stereocenters. The number of ether oxygens (including phenoxy) is 1. The monoisotopic (exact) mass is 487 g/mol. The molecule has 1 heterocycles. The van der Waals surface area contributed by atoms with Gasteiger partial charge < -0.3 is 20.9 Å². The van der Waals surface area contributed by atoms with Gasteiger partial charge in [-0.2, -0.15) is 0 Å². The van der Waals surface area contributed by atoms with Crippen molar-refractivity contribution in [2.75, 3.05) is 13.1 Å². The van der Waals surface area contributed by atoms with Crippen molar-refractivity contribution < 1.29 is 27.9 Å². The zero-order valence-corrected chi connectivity index (χ0v) is 19.5. The number of amides is 1. The van der Waals surface area contributed by atoms with Gasteiger partial charge in [-0.15, -0.1) is 6.58 Å².